The smallest absolute Gasteiger partial charge is 0.224 e. The van der Waals surface area contributed by atoms with E-state index >= 15 is 0 Å². The van der Waals surface area contributed by atoms with Gasteiger partial charge in [-0.3, -0.25) is 4.79 Å². The van der Waals surface area contributed by atoms with Crippen LogP contribution in [0.2, 0.25) is 0 Å². The molecule has 2 aromatic rings. The Hall–Kier alpha value is -2.36. The molecule has 0 aliphatic carbocycles. The molecule has 2 rings (SSSR count). The van der Waals surface area contributed by atoms with Gasteiger partial charge in [-0.25, -0.2) is 4.98 Å². The number of hydrogen-bond donors (Lipinski definition) is 2. The molecule has 0 radical (unpaired) electrons. The molecule has 2 N–H and O–H groups in total. The highest BCUT2D eigenvalue weighted by Crippen LogP contribution is 2.13. The molecule has 0 saturated heterocycles. The minimum absolute atomic E-state index is 0.0277. The summed E-state index contributed by atoms with van der Waals surface area (Å²) in [5.41, 5.74) is 3.24. The maximum atomic E-state index is 11.5. The number of anilines is 2. The first-order chi connectivity index (χ1) is 10.2. The summed E-state index contributed by atoms with van der Waals surface area (Å²) in [6.45, 7) is 4.81. The van der Waals surface area contributed by atoms with Crippen molar-refractivity contribution in [3.63, 3.8) is 0 Å². The maximum Gasteiger partial charge on any atom is 0.224 e. The lowest BCUT2D eigenvalue weighted by Crippen LogP contribution is -2.11. The van der Waals surface area contributed by atoms with Crippen LogP contribution < -0.4 is 10.6 Å². The zero-order valence-electron chi connectivity index (χ0n) is 12.5. The van der Waals surface area contributed by atoms with Gasteiger partial charge in [-0.1, -0.05) is 31.2 Å². The highest BCUT2D eigenvalue weighted by atomic mass is 16.1. The van der Waals surface area contributed by atoms with Gasteiger partial charge < -0.3 is 10.6 Å². The van der Waals surface area contributed by atoms with Crippen molar-refractivity contribution in [1.82, 2.24) is 4.98 Å². The minimum atomic E-state index is 0.0277. The predicted molar refractivity (Wildman–Crippen MR) is 86.3 cm³/mol. The summed E-state index contributed by atoms with van der Waals surface area (Å²) in [4.78, 5) is 15.8. The Morgan fingerprint density at radius 2 is 2.00 bits per heavy atom. The minimum Gasteiger partial charge on any atom is -0.366 e. The number of carbonyl (C=O) groups excluding carboxylic acids is 1. The van der Waals surface area contributed by atoms with E-state index < -0.39 is 0 Å². The summed E-state index contributed by atoms with van der Waals surface area (Å²) in [7, 11) is 0. The molecule has 0 saturated carbocycles. The Morgan fingerprint density at radius 3 is 2.67 bits per heavy atom. The lowest BCUT2D eigenvalue weighted by atomic mass is 10.1. The fourth-order valence-electron chi connectivity index (χ4n) is 2.02. The van der Waals surface area contributed by atoms with Crippen molar-refractivity contribution < 1.29 is 4.79 Å². The Balaban J connectivity index is 1.91. The number of aryl methyl sites for hydroxylation is 1. The van der Waals surface area contributed by atoms with Crippen molar-refractivity contribution in [3.05, 3.63) is 53.7 Å². The van der Waals surface area contributed by atoms with Crippen LogP contribution in [0, 0.1) is 6.92 Å². The average Bonchev–Trinajstić information content (AvgIpc) is 2.48. The first kappa shape index (κ1) is 15.0. The number of nitrogens with zero attached hydrogens (tertiary/aromatic N) is 1. The first-order valence-electron chi connectivity index (χ1n) is 7.23. The van der Waals surface area contributed by atoms with Crippen LogP contribution in [-0.2, 0) is 11.3 Å². The van der Waals surface area contributed by atoms with Gasteiger partial charge in [0.25, 0.3) is 0 Å². The summed E-state index contributed by atoms with van der Waals surface area (Å²) in [5, 5.41) is 6.11. The number of amides is 1. The van der Waals surface area contributed by atoms with Gasteiger partial charge >= 0.3 is 0 Å². The molecule has 0 spiro atoms. The van der Waals surface area contributed by atoms with E-state index in [1.807, 2.05) is 31.2 Å². The number of hydrogen-bond acceptors (Lipinski definition) is 3. The third-order valence-electron chi connectivity index (χ3n) is 3.25. The molecule has 1 amide bonds. The SMILES string of the molecule is CCCC(=O)Nc1ccc(NCc2ccccc2C)nc1. The van der Waals surface area contributed by atoms with Crippen molar-refractivity contribution in [2.45, 2.75) is 33.2 Å². The van der Waals surface area contributed by atoms with Gasteiger partial charge in [0.15, 0.2) is 0 Å². The van der Waals surface area contributed by atoms with E-state index in [4.69, 9.17) is 0 Å². The number of nitrogens with one attached hydrogen (secondary N) is 2. The molecule has 1 heterocycles. The van der Waals surface area contributed by atoms with Crippen LogP contribution in [-0.4, -0.2) is 10.9 Å². The van der Waals surface area contributed by atoms with Crippen molar-refractivity contribution in [1.29, 1.82) is 0 Å². The molecule has 1 aromatic carbocycles. The predicted octanol–water partition coefficient (Wildman–Crippen LogP) is 3.74. The molecule has 0 fully saturated rings. The van der Waals surface area contributed by atoms with Crippen LogP contribution >= 0.6 is 0 Å². The lowest BCUT2D eigenvalue weighted by molar-refractivity contribution is -0.116. The van der Waals surface area contributed by atoms with E-state index in [0.717, 1.165) is 24.5 Å². The largest absolute Gasteiger partial charge is 0.366 e. The third kappa shape index (κ3) is 4.60. The molecule has 21 heavy (non-hydrogen) atoms. The normalized spacial score (nSPS) is 10.2. The number of carbonyl (C=O) groups is 1. The molecule has 0 unspecified atom stereocenters. The zero-order chi connectivity index (χ0) is 15.1. The van der Waals surface area contributed by atoms with E-state index in [1.165, 1.54) is 11.1 Å². The van der Waals surface area contributed by atoms with Crippen molar-refractivity contribution in [2.24, 2.45) is 0 Å². The van der Waals surface area contributed by atoms with E-state index in [-0.39, 0.29) is 5.91 Å². The third-order valence-corrected chi connectivity index (χ3v) is 3.25. The molecular weight excluding hydrogens is 262 g/mol. The molecular formula is C17H21N3O. The van der Waals surface area contributed by atoms with Crippen LogP contribution in [0.1, 0.15) is 30.9 Å². The van der Waals surface area contributed by atoms with Crippen molar-refractivity contribution >= 4 is 17.4 Å². The van der Waals surface area contributed by atoms with E-state index in [1.54, 1.807) is 6.20 Å². The van der Waals surface area contributed by atoms with Crippen LogP contribution in [0.3, 0.4) is 0 Å². The fourth-order valence-corrected chi connectivity index (χ4v) is 2.02. The summed E-state index contributed by atoms with van der Waals surface area (Å²) < 4.78 is 0. The van der Waals surface area contributed by atoms with Crippen LogP contribution in [0.15, 0.2) is 42.6 Å². The highest BCUT2D eigenvalue weighted by Gasteiger charge is 2.02. The Labute approximate surface area is 125 Å². The van der Waals surface area contributed by atoms with Gasteiger partial charge in [0, 0.05) is 13.0 Å². The van der Waals surface area contributed by atoms with E-state index in [0.29, 0.717) is 6.42 Å². The number of rotatable bonds is 6. The Kier molecular flexibility index (Phi) is 5.32. The molecule has 110 valence electrons. The Bertz CT molecular complexity index is 593. The molecule has 0 atom stereocenters. The topological polar surface area (TPSA) is 54.0 Å². The molecule has 4 heteroatoms. The number of benzene rings is 1. The second-order valence-electron chi connectivity index (χ2n) is 5.01. The summed E-state index contributed by atoms with van der Waals surface area (Å²) >= 11 is 0. The monoisotopic (exact) mass is 283 g/mol. The maximum absolute atomic E-state index is 11.5. The van der Waals surface area contributed by atoms with Gasteiger partial charge in [0.1, 0.15) is 5.82 Å². The van der Waals surface area contributed by atoms with Gasteiger partial charge in [0.2, 0.25) is 5.91 Å². The number of pyridine rings is 1. The lowest BCUT2D eigenvalue weighted by Gasteiger charge is -2.09. The second-order valence-corrected chi connectivity index (χ2v) is 5.01. The average molecular weight is 283 g/mol. The van der Waals surface area contributed by atoms with Crippen molar-refractivity contribution in [3.8, 4) is 0 Å². The van der Waals surface area contributed by atoms with Gasteiger partial charge in [0.05, 0.1) is 11.9 Å². The molecule has 0 aliphatic rings. The zero-order valence-corrected chi connectivity index (χ0v) is 12.5. The van der Waals surface area contributed by atoms with Crippen LogP contribution in [0.4, 0.5) is 11.5 Å². The van der Waals surface area contributed by atoms with Gasteiger partial charge in [-0.05, 0) is 36.6 Å². The second kappa shape index (κ2) is 7.43. The fraction of sp³-hybridized carbons (Fsp3) is 0.294. The van der Waals surface area contributed by atoms with Crippen molar-refractivity contribution in [2.75, 3.05) is 10.6 Å². The first-order valence-corrected chi connectivity index (χ1v) is 7.23. The standard InChI is InChI=1S/C17H21N3O/c1-3-6-17(21)20-15-9-10-16(19-12-15)18-11-14-8-5-4-7-13(14)2/h4-5,7-10,12H,3,6,11H2,1-2H3,(H,18,19)(H,20,21). The molecule has 0 bridgehead atoms. The summed E-state index contributed by atoms with van der Waals surface area (Å²) in [6, 6.07) is 12.0. The van der Waals surface area contributed by atoms with Crippen LogP contribution in [0.5, 0.6) is 0 Å². The quantitative estimate of drug-likeness (QED) is 0.849. The summed E-state index contributed by atoms with van der Waals surface area (Å²) in [6.07, 6.45) is 3.05. The van der Waals surface area contributed by atoms with E-state index in [2.05, 4.69) is 34.7 Å². The van der Waals surface area contributed by atoms with Crippen LogP contribution in [0.25, 0.3) is 0 Å². The molecule has 4 nitrogen and oxygen atoms in total. The van der Waals surface area contributed by atoms with E-state index in [9.17, 15) is 4.79 Å². The Morgan fingerprint density at radius 1 is 1.19 bits per heavy atom. The molecule has 0 aliphatic heterocycles. The van der Waals surface area contributed by atoms with Gasteiger partial charge in [-0.2, -0.15) is 0 Å². The molecule has 1 aromatic heterocycles. The number of aromatic nitrogens is 1. The highest BCUT2D eigenvalue weighted by molar-refractivity contribution is 5.90. The van der Waals surface area contributed by atoms with Gasteiger partial charge in [-0.15, -0.1) is 0 Å². The summed E-state index contributed by atoms with van der Waals surface area (Å²) in [5.74, 6) is 0.826.